The summed E-state index contributed by atoms with van der Waals surface area (Å²) >= 11 is 0. The third kappa shape index (κ3) is 8.87. The van der Waals surface area contributed by atoms with E-state index in [1.807, 2.05) is 0 Å². The SMILES string of the molecule is COB(O)O.[NaH]. The number of hydrogen-bond acceptors (Lipinski definition) is 3. The summed E-state index contributed by atoms with van der Waals surface area (Å²) in [5, 5.41) is 15.4. The molecule has 0 fully saturated rings. The van der Waals surface area contributed by atoms with E-state index in [1.165, 1.54) is 7.11 Å². The van der Waals surface area contributed by atoms with Gasteiger partial charge in [-0.05, 0) is 0 Å². The summed E-state index contributed by atoms with van der Waals surface area (Å²) in [5.74, 6) is 0. The van der Waals surface area contributed by atoms with Crippen molar-refractivity contribution in [3.8, 4) is 0 Å². The molecule has 0 aromatic heterocycles. The maximum absolute atomic E-state index is 7.69. The summed E-state index contributed by atoms with van der Waals surface area (Å²) in [6, 6.07) is 0. The van der Waals surface area contributed by atoms with Gasteiger partial charge in [0.15, 0.2) is 0 Å². The Hall–Kier alpha value is 0.945. The first-order chi connectivity index (χ1) is 2.27. The van der Waals surface area contributed by atoms with Gasteiger partial charge in [-0.1, -0.05) is 0 Å². The third-order valence-corrected chi connectivity index (χ3v) is 0.211. The van der Waals surface area contributed by atoms with E-state index >= 15 is 0 Å². The van der Waals surface area contributed by atoms with Crippen LogP contribution in [0.3, 0.4) is 0 Å². The van der Waals surface area contributed by atoms with E-state index in [4.69, 9.17) is 10.0 Å². The van der Waals surface area contributed by atoms with Crippen LogP contribution in [-0.2, 0) is 4.65 Å². The number of rotatable bonds is 1. The van der Waals surface area contributed by atoms with E-state index in [2.05, 4.69) is 4.65 Å². The van der Waals surface area contributed by atoms with Crippen LogP contribution in [0.2, 0.25) is 0 Å². The fourth-order valence-corrected chi connectivity index (χ4v) is 0. The van der Waals surface area contributed by atoms with E-state index in [9.17, 15) is 0 Å². The van der Waals surface area contributed by atoms with Crippen molar-refractivity contribution in [1.82, 2.24) is 0 Å². The fourth-order valence-electron chi connectivity index (χ4n) is 0. The van der Waals surface area contributed by atoms with Crippen LogP contribution in [0.1, 0.15) is 0 Å². The summed E-state index contributed by atoms with van der Waals surface area (Å²) in [4.78, 5) is 0. The van der Waals surface area contributed by atoms with Gasteiger partial charge < -0.3 is 14.7 Å². The first-order valence-corrected chi connectivity index (χ1v) is 1.16. The Morgan fingerprint density at radius 3 is 1.67 bits per heavy atom. The first kappa shape index (κ1) is 10.0. The van der Waals surface area contributed by atoms with E-state index < -0.39 is 7.32 Å². The van der Waals surface area contributed by atoms with Crippen LogP contribution >= 0.6 is 0 Å². The van der Waals surface area contributed by atoms with Gasteiger partial charge in [0.2, 0.25) is 0 Å². The molecule has 0 amide bonds. The molecule has 0 radical (unpaired) electrons. The van der Waals surface area contributed by atoms with Crippen molar-refractivity contribution < 1.29 is 14.7 Å². The van der Waals surface area contributed by atoms with E-state index in [0.717, 1.165) is 0 Å². The second-order valence-corrected chi connectivity index (χ2v) is 0.562. The predicted octanol–water partition coefficient (Wildman–Crippen LogP) is -2.05. The first-order valence-electron chi connectivity index (χ1n) is 1.16. The Morgan fingerprint density at radius 1 is 1.50 bits per heavy atom. The van der Waals surface area contributed by atoms with Crippen molar-refractivity contribution >= 4 is 36.9 Å². The molecule has 0 unspecified atom stereocenters. The number of hydrogen-bond donors (Lipinski definition) is 2. The summed E-state index contributed by atoms with van der Waals surface area (Å²) in [6.07, 6.45) is 0. The van der Waals surface area contributed by atoms with Gasteiger partial charge in [0.25, 0.3) is 0 Å². The van der Waals surface area contributed by atoms with Crippen LogP contribution in [-0.4, -0.2) is 54.0 Å². The Balaban J connectivity index is 0. The minimum absolute atomic E-state index is 0. The van der Waals surface area contributed by atoms with Gasteiger partial charge in [0.1, 0.15) is 0 Å². The molecule has 0 atom stereocenters. The van der Waals surface area contributed by atoms with Crippen LogP contribution in [0.5, 0.6) is 0 Å². The molecular formula is CH6BNaO3. The molecule has 5 heteroatoms. The Morgan fingerprint density at radius 2 is 1.67 bits per heavy atom. The molecule has 0 aliphatic rings. The van der Waals surface area contributed by atoms with Gasteiger partial charge in [-0.15, -0.1) is 0 Å². The average Bonchev–Trinajstić information content (AvgIpc) is 1.38. The van der Waals surface area contributed by atoms with Crippen LogP contribution in [0.15, 0.2) is 0 Å². The average molecular weight is 99.9 g/mol. The van der Waals surface area contributed by atoms with Crippen LogP contribution < -0.4 is 0 Å². The maximum atomic E-state index is 7.69. The zero-order valence-electron chi connectivity index (χ0n) is 2.88. The summed E-state index contributed by atoms with van der Waals surface area (Å²) in [7, 11) is -0.417. The van der Waals surface area contributed by atoms with Gasteiger partial charge in [-0.3, -0.25) is 0 Å². The minimum atomic E-state index is -1.62. The van der Waals surface area contributed by atoms with Gasteiger partial charge >= 0.3 is 36.9 Å². The molecular weight excluding hydrogens is 93.8 g/mol. The molecule has 0 bridgehead atoms. The third-order valence-electron chi connectivity index (χ3n) is 0.211. The van der Waals surface area contributed by atoms with Gasteiger partial charge in [0.05, 0.1) is 0 Å². The zero-order chi connectivity index (χ0) is 4.28. The monoisotopic (exact) mass is 100 g/mol. The Labute approximate surface area is 58.8 Å². The quantitative estimate of drug-likeness (QED) is 0.373. The van der Waals surface area contributed by atoms with E-state index in [1.54, 1.807) is 0 Å². The topological polar surface area (TPSA) is 49.7 Å². The Kier molecular flexibility index (Phi) is 9.95. The molecule has 0 rings (SSSR count). The van der Waals surface area contributed by atoms with Crippen molar-refractivity contribution in [3.05, 3.63) is 0 Å². The van der Waals surface area contributed by atoms with Crippen molar-refractivity contribution in [2.75, 3.05) is 7.11 Å². The van der Waals surface area contributed by atoms with Crippen molar-refractivity contribution in [3.63, 3.8) is 0 Å². The molecule has 0 heterocycles. The van der Waals surface area contributed by atoms with E-state index in [-0.39, 0.29) is 29.6 Å². The van der Waals surface area contributed by atoms with Crippen LogP contribution in [0.4, 0.5) is 0 Å². The molecule has 6 heavy (non-hydrogen) atoms. The Bertz CT molecular complexity index is 24.8. The molecule has 2 N–H and O–H groups in total. The molecule has 0 spiro atoms. The molecule has 0 aromatic rings. The molecule has 32 valence electrons. The standard InChI is InChI=1S/CH5BO3.Na.H/c1-5-2(3)4;;/h3-4H,1H3;;. The molecule has 0 aromatic carbocycles. The van der Waals surface area contributed by atoms with Crippen molar-refractivity contribution in [2.24, 2.45) is 0 Å². The van der Waals surface area contributed by atoms with Crippen molar-refractivity contribution in [1.29, 1.82) is 0 Å². The second-order valence-electron chi connectivity index (χ2n) is 0.562. The van der Waals surface area contributed by atoms with Gasteiger partial charge in [-0.25, -0.2) is 0 Å². The molecule has 0 saturated carbocycles. The predicted molar refractivity (Wildman–Crippen MR) is 24.3 cm³/mol. The van der Waals surface area contributed by atoms with Gasteiger partial charge in [-0.2, -0.15) is 0 Å². The summed E-state index contributed by atoms with van der Waals surface area (Å²) in [5.41, 5.74) is 0. The van der Waals surface area contributed by atoms with Crippen LogP contribution in [0, 0.1) is 0 Å². The summed E-state index contributed by atoms with van der Waals surface area (Å²) < 4.78 is 3.86. The summed E-state index contributed by atoms with van der Waals surface area (Å²) in [6.45, 7) is 0. The fraction of sp³-hybridized carbons (Fsp3) is 1.00. The zero-order valence-corrected chi connectivity index (χ0v) is 2.88. The normalized spacial score (nSPS) is 6.50. The molecule has 0 saturated heterocycles. The van der Waals surface area contributed by atoms with Crippen LogP contribution in [0.25, 0.3) is 0 Å². The molecule has 0 aliphatic heterocycles. The van der Waals surface area contributed by atoms with Crippen molar-refractivity contribution in [2.45, 2.75) is 0 Å². The molecule has 0 aliphatic carbocycles. The van der Waals surface area contributed by atoms with E-state index in [0.29, 0.717) is 0 Å². The molecule has 3 nitrogen and oxygen atoms in total. The second kappa shape index (κ2) is 5.94. The van der Waals surface area contributed by atoms with Gasteiger partial charge in [0, 0.05) is 7.11 Å².